The van der Waals surface area contributed by atoms with Crippen LogP contribution in [0.5, 0.6) is 0 Å². The van der Waals surface area contributed by atoms with Gasteiger partial charge < -0.3 is 10.5 Å². The van der Waals surface area contributed by atoms with Crippen LogP contribution < -0.4 is 11.5 Å². The SMILES string of the molecule is C=C(C)C(=O)OC(N)CC(C)N. The van der Waals surface area contributed by atoms with Gasteiger partial charge in [0.1, 0.15) is 0 Å². The Morgan fingerprint density at radius 2 is 2.08 bits per heavy atom. The van der Waals surface area contributed by atoms with Crippen molar-refractivity contribution in [3.05, 3.63) is 12.2 Å². The highest BCUT2D eigenvalue weighted by Crippen LogP contribution is 1.99. The van der Waals surface area contributed by atoms with Gasteiger partial charge in [-0.3, -0.25) is 5.73 Å². The first-order valence-corrected chi connectivity index (χ1v) is 3.81. The lowest BCUT2D eigenvalue weighted by Crippen LogP contribution is -2.33. The van der Waals surface area contributed by atoms with Gasteiger partial charge in [0.2, 0.25) is 0 Å². The van der Waals surface area contributed by atoms with Gasteiger partial charge in [-0.25, -0.2) is 4.79 Å². The Hall–Kier alpha value is -0.870. The zero-order valence-corrected chi connectivity index (χ0v) is 7.54. The third-order valence-electron chi connectivity index (χ3n) is 1.21. The second kappa shape index (κ2) is 4.90. The molecule has 4 heteroatoms. The van der Waals surface area contributed by atoms with Crippen LogP contribution in [0.4, 0.5) is 0 Å². The van der Waals surface area contributed by atoms with E-state index in [1.54, 1.807) is 13.8 Å². The van der Waals surface area contributed by atoms with Gasteiger partial charge in [-0.15, -0.1) is 0 Å². The summed E-state index contributed by atoms with van der Waals surface area (Å²) in [7, 11) is 0. The molecule has 0 fully saturated rings. The molecule has 0 aromatic rings. The summed E-state index contributed by atoms with van der Waals surface area (Å²) in [6.45, 7) is 6.80. The van der Waals surface area contributed by atoms with Crippen molar-refractivity contribution < 1.29 is 9.53 Å². The van der Waals surface area contributed by atoms with Crippen LogP contribution >= 0.6 is 0 Å². The molecule has 2 atom stereocenters. The highest BCUT2D eigenvalue weighted by molar-refractivity contribution is 5.87. The predicted octanol–water partition coefficient (Wildman–Crippen LogP) is 0.128. The zero-order chi connectivity index (χ0) is 9.72. The lowest BCUT2D eigenvalue weighted by atomic mass is 10.2. The van der Waals surface area contributed by atoms with Gasteiger partial charge in [0.25, 0.3) is 0 Å². The average molecular weight is 172 g/mol. The summed E-state index contributed by atoms with van der Waals surface area (Å²) in [5.74, 6) is -0.469. The van der Waals surface area contributed by atoms with Crippen LogP contribution in [0.2, 0.25) is 0 Å². The summed E-state index contributed by atoms with van der Waals surface area (Å²) in [6, 6.07) is -0.0714. The maximum absolute atomic E-state index is 10.9. The molecule has 2 unspecified atom stereocenters. The highest BCUT2D eigenvalue weighted by atomic mass is 16.6. The zero-order valence-electron chi connectivity index (χ0n) is 7.54. The fourth-order valence-corrected chi connectivity index (χ4v) is 0.653. The molecule has 70 valence electrons. The van der Waals surface area contributed by atoms with E-state index in [1.807, 2.05) is 0 Å². The summed E-state index contributed by atoms with van der Waals surface area (Å²) in [5, 5.41) is 0. The molecule has 0 spiro atoms. The Balaban J connectivity index is 3.76. The maximum Gasteiger partial charge on any atom is 0.334 e. The molecule has 0 rings (SSSR count). The lowest BCUT2D eigenvalue weighted by molar-refractivity contribution is -0.144. The van der Waals surface area contributed by atoms with Gasteiger partial charge in [0.05, 0.1) is 0 Å². The van der Waals surface area contributed by atoms with Crippen LogP contribution in [0.3, 0.4) is 0 Å². The van der Waals surface area contributed by atoms with Crippen LogP contribution in [0.25, 0.3) is 0 Å². The maximum atomic E-state index is 10.9. The molecule has 0 bridgehead atoms. The Kier molecular flexibility index (Phi) is 4.54. The average Bonchev–Trinajstić information content (AvgIpc) is 1.84. The third-order valence-corrected chi connectivity index (χ3v) is 1.21. The molecular weight excluding hydrogens is 156 g/mol. The van der Waals surface area contributed by atoms with E-state index >= 15 is 0 Å². The fraction of sp³-hybridized carbons (Fsp3) is 0.625. The minimum Gasteiger partial charge on any atom is -0.443 e. The van der Waals surface area contributed by atoms with E-state index in [0.717, 1.165) is 0 Å². The number of carbonyl (C=O) groups excluding carboxylic acids is 1. The van der Waals surface area contributed by atoms with E-state index in [1.165, 1.54) is 0 Å². The number of hydrogen-bond acceptors (Lipinski definition) is 4. The molecule has 0 aromatic heterocycles. The molecule has 0 radical (unpaired) electrons. The second-order valence-corrected chi connectivity index (χ2v) is 2.94. The first-order chi connectivity index (χ1) is 5.43. The first kappa shape index (κ1) is 11.1. The molecule has 0 aliphatic rings. The summed E-state index contributed by atoms with van der Waals surface area (Å²) >= 11 is 0. The Labute approximate surface area is 72.6 Å². The monoisotopic (exact) mass is 172 g/mol. The largest absolute Gasteiger partial charge is 0.443 e. The van der Waals surface area contributed by atoms with Crippen LogP contribution in [0.1, 0.15) is 20.3 Å². The Bertz CT molecular complexity index is 178. The van der Waals surface area contributed by atoms with Crippen molar-refractivity contribution in [2.75, 3.05) is 0 Å². The molecule has 0 amide bonds. The van der Waals surface area contributed by atoms with E-state index in [4.69, 9.17) is 16.2 Å². The third kappa shape index (κ3) is 4.87. The van der Waals surface area contributed by atoms with E-state index in [2.05, 4.69) is 6.58 Å². The molecule has 12 heavy (non-hydrogen) atoms. The number of ether oxygens (including phenoxy) is 1. The highest BCUT2D eigenvalue weighted by Gasteiger charge is 2.11. The topological polar surface area (TPSA) is 78.3 Å². The van der Waals surface area contributed by atoms with Crippen LogP contribution in [-0.4, -0.2) is 18.2 Å². The number of esters is 1. The minimum absolute atomic E-state index is 0.0714. The number of rotatable bonds is 4. The molecule has 0 saturated carbocycles. The quantitative estimate of drug-likeness (QED) is 0.359. The summed E-state index contributed by atoms with van der Waals surface area (Å²) < 4.78 is 4.78. The van der Waals surface area contributed by atoms with E-state index in [-0.39, 0.29) is 6.04 Å². The van der Waals surface area contributed by atoms with Crippen molar-refractivity contribution in [1.82, 2.24) is 0 Å². The van der Waals surface area contributed by atoms with Crippen molar-refractivity contribution in [3.8, 4) is 0 Å². The minimum atomic E-state index is -0.630. The van der Waals surface area contributed by atoms with Crippen LogP contribution in [0.15, 0.2) is 12.2 Å². The van der Waals surface area contributed by atoms with Gasteiger partial charge in [-0.05, 0) is 13.8 Å². The van der Waals surface area contributed by atoms with Gasteiger partial charge in [-0.2, -0.15) is 0 Å². The number of carbonyl (C=O) groups is 1. The van der Waals surface area contributed by atoms with Crippen molar-refractivity contribution in [2.45, 2.75) is 32.5 Å². The molecule has 4 nitrogen and oxygen atoms in total. The summed E-state index contributed by atoms with van der Waals surface area (Å²) in [4.78, 5) is 10.9. The summed E-state index contributed by atoms with van der Waals surface area (Å²) in [5.41, 5.74) is 11.2. The second-order valence-electron chi connectivity index (χ2n) is 2.94. The van der Waals surface area contributed by atoms with E-state index in [0.29, 0.717) is 12.0 Å². The molecule has 0 aliphatic carbocycles. The molecule has 4 N–H and O–H groups in total. The number of nitrogens with two attached hydrogens (primary N) is 2. The fourth-order valence-electron chi connectivity index (χ4n) is 0.653. The van der Waals surface area contributed by atoms with E-state index < -0.39 is 12.2 Å². The van der Waals surface area contributed by atoms with Gasteiger partial charge in [-0.1, -0.05) is 6.58 Å². The van der Waals surface area contributed by atoms with Crippen LogP contribution in [0, 0.1) is 0 Å². The van der Waals surface area contributed by atoms with Crippen molar-refractivity contribution >= 4 is 5.97 Å². The van der Waals surface area contributed by atoms with E-state index in [9.17, 15) is 4.79 Å². The smallest absolute Gasteiger partial charge is 0.334 e. The number of hydrogen-bond donors (Lipinski definition) is 2. The molecule has 0 aromatic carbocycles. The standard InChI is InChI=1S/C8H16N2O2/c1-5(2)8(11)12-7(10)4-6(3)9/h6-7H,1,4,9-10H2,2-3H3. The normalized spacial score (nSPS) is 15.0. The molecule has 0 aliphatic heterocycles. The van der Waals surface area contributed by atoms with Crippen molar-refractivity contribution in [2.24, 2.45) is 11.5 Å². The molecular formula is C8H16N2O2. The Morgan fingerprint density at radius 3 is 2.42 bits per heavy atom. The van der Waals surface area contributed by atoms with Gasteiger partial charge >= 0.3 is 5.97 Å². The van der Waals surface area contributed by atoms with Crippen LogP contribution in [-0.2, 0) is 9.53 Å². The molecule has 0 heterocycles. The molecule has 0 saturated heterocycles. The predicted molar refractivity (Wildman–Crippen MR) is 47.1 cm³/mol. The van der Waals surface area contributed by atoms with Gasteiger partial charge in [0.15, 0.2) is 6.23 Å². The van der Waals surface area contributed by atoms with Gasteiger partial charge in [0, 0.05) is 18.0 Å². The first-order valence-electron chi connectivity index (χ1n) is 3.81. The summed E-state index contributed by atoms with van der Waals surface area (Å²) in [6.07, 6.45) is -0.173. The lowest BCUT2D eigenvalue weighted by Gasteiger charge is -2.14. The Morgan fingerprint density at radius 1 is 1.58 bits per heavy atom. The van der Waals surface area contributed by atoms with Crippen molar-refractivity contribution in [3.63, 3.8) is 0 Å². The van der Waals surface area contributed by atoms with Crippen molar-refractivity contribution in [1.29, 1.82) is 0 Å².